The summed E-state index contributed by atoms with van der Waals surface area (Å²) in [5.41, 5.74) is 17.0. The number of nitrogens with one attached hydrogen (secondary N) is 1. The second-order valence-corrected chi connectivity index (χ2v) is 14.3. The molecule has 0 aliphatic heterocycles. The molecule has 1 aliphatic rings. The Hall–Kier alpha value is -6.64. The molecule has 0 unspecified atom stereocenters. The highest BCUT2D eigenvalue weighted by molar-refractivity contribution is 6.06. The van der Waals surface area contributed by atoms with Gasteiger partial charge in [-0.3, -0.25) is 0 Å². The molecule has 2 heteroatoms. The molecular formula is C51H39NO. The Morgan fingerprint density at radius 3 is 1.55 bits per heavy atom. The van der Waals surface area contributed by atoms with Crippen LogP contribution in [0.25, 0.3) is 66.4 Å². The van der Waals surface area contributed by atoms with Gasteiger partial charge in [0.2, 0.25) is 0 Å². The molecule has 0 saturated heterocycles. The average molecular weight is 682 g/mol. The van der Waals surface area contributed by atoms with Gasteiger partial charge in [-0.1, -0.05) is 166 Å². The normalized spacial score (nSPS) is 12.5. The van der Waals surface area contributed by atoms with E-state index in [0.29, 0.717) is 0 Å². The van der Waals surface area contributed by atoms with Gasteiger partial charge in [-0.05, 0) is 98.1 Å². The predicted molar refractivity (Wildman–Crippen MR) is 224 cm³/mol. The monoisotopic (exact) mass is 681 g/mol. The lowest BCUT2D eigenvalue weighted by molar-refractivity contribution is 0.660. The van der Waals surface area contributed by atoms with E-state index >= 15 is 0 Å². The molecule has 1 heterocycles. The number of para-hydroxylation sites is 1. The number of hydrogen-bond donors (Lipinski definition) is 1. The van der Waals surface area contributed by atoms with Crippen molar-refractivity contribution in [2.45, 2.75) is 19.3 Å². The van der Waals surface area contributed by atoms with Crippen LogP contribution < -0.4 is 5.32 Å². The van der Waals surface area contributed by atoms with Crippen LogP contribution in [0.3, 0.4) is 0 Å². The molecule has 8 aromatic carbocycles. The third kappa shape index (κ3) is 6.19. The van der Waals surface area contributed by atoms with Crippen molar-refractivity contribution >= 4 is 33.3 Å². The smallest absolute Gasteiger partial charge is 0.135 e. The van der Waals surface area contributed by atoms with Crippen LogP contribution in [0.15, 0.2) is 199 Å². The Labute approximate surface area is 311 Å². The Kier molecular flexibility index (Phi) is 8.21. The van der Waals surface area contributed by atoms with Crippen LogP contribution in [-0.2, 0) is 5.41 Å². The lowest BCUT2D eigenvalue weighted by Gasteiger charge is -2.22. The average Bonchev–Trinajstić information content (AvgIpc) is 3.70. The molecule has 0 saturated carbocycles. The summed E-state index contributed by atoms with van der Waals surface area (Å²) in [5, 5.41) is 5.91. The predicted octanol–water partition coefficient (Wildman–Crippen LogP) is 14.3. The summed E-state index contributed by atoms with van der Waals surface area (Å²) in [4.78, 5) is 0. The fourth-order valence-electron chi connectivity index (χ4n) is 7.72. The van der Waals surface area contributed by atoms with E-state index in [2.05, 4.69) is 189 Å². The molecule has 1 aromatic heterocycles. The summed E-state index contributed by atoms with van der Waals surface area (Å²) >= 11 is 0. The van der Waals surface area contributed by atoms with E-state index < -0.39 is 0 Å². The first-order chi connectivity index (χ1) is 26.0. The third-order valence-corrected chi connectivity index (χ3v) is 10.6. The number of fused-ring (bicyclic) bond motifs is 6. The zero-order valence-corrected chi connectivity index (χ0v) is 29.9. The summed E-state index contributed by atoms with van der Waals surface area (Å²) in [6.45, 7) is 4.63. The van der Waals surface area contributed by atoms with Gasteiger partial charge in [0.05, 0.1) is 0 Å². The van der Waals surface area contributed by atoms with Crippen molar-refractivity contribution in [1.82, 2.24) is 0 Å². The number of anilines is 2. The first kappa shape index (κ1) is 32.3. The zero-order chi connectivity index (χ0) is 35.8. The van der Waals surface area contributed by atoms with Gasteiger partial charge in [0.1, 0.15) is 11.2 Å². The molecule has 0 atom stereocenters. The maximum Gasteiger partial charge on any atom is 0.135 e. The van der Waals surface area contributed by atoms with Crippen molar-refractivity contribution < 1.29 is 4.42 Å². The maximum absolute atomic E-state index is 5.92. The van der Waals surface area contributed by atoms with Gasteiger partial charge < -0.3 is 9.73 Å². The SMILES string of the molecule is CC1(C)c2ccccc2-c2ccc(Nc3ccc(-c4ccccc4)cc3)cc21.c1ccc(-c2ccc(-c3ccc4oc5ccccc5c4c3)cc2)cc1. The standard InChI is InChI=1S/C27H23N.C24H16O/c1-27(2)25-11-7-6-10-23(25)24-17-16-22(18-26(24)27)28-21-14-12-20(13-15-21)19-8-4-3-5-9-19;1-2-6-17(7-3-1)18-10-12-19(13-11-18)20-14-15-24-22(16-20)21-8-4-5-9-23(21)25-24/h3-18,28H,1-2H3;1-16H. The highest BCUT2D eigenvalue weighted by Crippen LogP contribution is 2.49. The topological polar surface area (TPSA) is 25.2 Å². The van der Waals surface area contributed by atoms with E-state index in [4.69, 9.17) is 4.42 Å². The molecule has 0 spiro atoms. The number of rotatable bonds is 5. The third-order valence-electron chi connectivity index (χ3n) is 10.6. The van der Waals surface area contributed by atoms with Gasteiger partial charge in [-0.2, -0.15) is 0 Å². The van der Waals surface area contributed by atoms with E-state index in [-0.39, 0.29) is 5.41 Å². The van der Waals surface area contributed by atoms with Crippen molar-refractivity contribution in [3.63, 3.8) is 0 Å². The van der Waals surface area contributed by atoms with Gasteiger partial charge in [0.15, 0.2) is 0 Å². The molecule has 10 rings (SSSR count). The van der Waals surface area contributed by atoms with E-state index in [1.54, 1.807) is 0 Å². The van der Waals surface area contributed by atoms with Gasteiger partial charge in [0.25, 0.3) is 0 Å². The number of benzene rings is 8. The maximum atomic E-state index is 5.92. The van der Waals surface area contributed by atoms with Gasteiger partial charge in [-0.25, -0.2) is 0 Å². The highest BCUT2D eigenvalue weighted by atomic mass is 16.3. The zero-order valence-electron chi connectivity index (χ0n) is 29.9. The van der Waals surface area contributed by atoms with E-state index in [1.807, 2.05) is 24.3 Å². The molecule has 1 aliphatic carbocycles. The summed E-state index contributed by atoms with van der Waals surface area (Å²) in [7, 11) is 0. The molecule has 53 heavy (non-hydrogen) atoms. The van der Waals surface area contributed by atoms with Crippen LogP contribution in [-0.4, -0.2) is 0 Å². The fourth-order valence-corrected chi connectivity index (χ4v) is 7.72. The van der Waals surface area contributed by atoms with Crippen molar-refractivity contribution in [3.8, 4) is 44.5 Å². The minimum Gasteiger partial charge on any atom is -0.456 e. The van der Waals surface area contributed by atoms with Gasteiger partial charge >= 0.3 is 0 Å². The second-order valence-electron chi connectivity index (χ2n) is 14.3. The molecule has 0 amide bonds. The summed E-state index contributed by atoms with van der Waals surface area (Å²) < 4.78 is 5.92. The van der Waals surface area contributed by atoms with Crippen LogP contribution in [0.5, 0.6) is 0 Å². The van der Waals surface area contributed by atoms with E-state index in [1.165, 1.54) is 66.4 Å². The molecule has 1 N–H and O–H groups in total. The first-order valence-electron chi connectivity index (χ1n) is 18.3. The molecule has 9 aromatic rings. The van der Waals surface area contributed by atoms with Crippen molar-refractivity contribution in [2.75, 3.05) is 5.32 Å². The van der Waals surface area contributed by atoms with Crippen molar-refractivity contribution in [3.05, 3.63) is 205 Å². The van der Waals surface area contributed by atoms with Gasteiger partial charge in [-0.15, -0.1) is 0 Å². The van der Waals surface area contributed by atoms with Gasteiger partial charge in [0, 0.05) is 27.6 Å². The van der Waals surface area contributed by atoms with Crippen LogP contribution in [0.4, 0.5) is 11.4 Å². The largest absolute Gasteiger partial charge is 0.456 e. The van der Waals surface area contributed by atoms with E-state index in [9.17, 15) is 0 Å². The highest BCUT2D eigenvalue weighted by Gasteiger charge is 2.35. The molecule has 254 valence electrons. The number of hydrogen-bond acceptors (Lipinski definition) is 2. The quantitative estimate of drug-likeness (QED) is 0.196. The molecule has 0 radical (unpaired) electrons. The molecular weight excluding hydrogens is 643 g/mol. The van der Waals surface area contributed by atoms with Crippen LogP contribution in [0.1, 0.15) is 25.0 Å². The van der Waals surface area contributed by atoms with Crippen molar-refractivity contribution in [1.29, 1.82) is 0 Å². The second kappa shape index (κ2) is 13.5. The Balaban J connectivity index is 0.000000141. The summed E-state index contributed by atoms with van der Waals surface area (Å²) in [6.07, 6.45) is 0. The fraction of sp³-hybridized carbons (Fsp3) is 0.0588. The molecule has 2 nitrogen and oxygen atoms in total. The van der Waals surface area contributed by atoms with Crippen LogP contribution >= 0.6 is 0 Å². The Morgan fingerprint density at radius 1 is 0.358 bits per heavy atom. The Morgan fingerprint density at radius 2 is 0.849 bits per heavy atom. The Bertz CT molecular complexity index is 2690. The minimum absolute atomic E-state index is 0.0286. The van der Waals surface area contributed by atoms with Crippen LogP contribution in [0, 0.1) is 0 Å². The summed E-state index contributed by atoms with van der Waals surface area (Å²) in [6, 6.07) is 68.4. The van der Waals surface area contributed by atoms with Crippen LogP contribution in [0.2, 0.25) is 0 Å². The lowest BCUT2D eigenvalue weighted by Crippen LogP contribution is -2.15. The summed E-state index contributed by atoms with van der Waals surface area (Å²) in [5.74, 6) is 0. The lowest BCUT2D eigenvalue weighted by atomic mass is 9.82. The number of furan rings is 1. The molecule has 0 fully saturated rings. The van der Waals surface area contributed by atoms with E-state index in [0.717, 1.165) is 22.5 Å². The first-order valence-corrected chi connectivity index (χ1v) is 18.3. The van der Waals surface area contributed by atoms with Crippen molar-refractivity contribution in [2.24, 2.45) is 0 Å². The molecule has 0 bridgehead atoms. The minimum atomic E-state index is 0.0286.